The van der Waals surface area contributed by atoms with Gasteiger partial charge in [-0.25, -0.2) is 0 Å². The maximum Gasteiger partial charge on any atom is -0.0229 e. The van der Waals surface area contributed by atoms with Crippen LogP contribution in [0.1, 0.15) is 190 Å². The lowest BCUT2D eigenvalue weighted by atomic mass is 9.45. The van der Waals surface area contributed by atoms with Crippen molar-refractivity contribution in [1.29, 1.82) is 0 Å². The molecule has 8 saturated carbocycles. The van der Waals surface area contributed by atoms with E-state index in [0.717, 1.165) is 94.7 Å². The quantitative estimate of drug-likeness (QED) is 0.255. The van der Waals surface area contributed by atoms with E-state index in [0.29, 0.717) is 16.2 Å². The summed E-state index contributed by atoms with van der Waals surface area (Å²) in [5, 5.41) is 0. The predicted octanol–water partition coefficient (Wildman–Crippen LogP) is 14.3. The van der Waals surface area contributed by atoms with E-state index < -0.39 is 0 Å². The molecule has 8 rings (SSSR count). The Morgan fingerprint density at radius 3 is 1.67 bits per heavy atom. The Kier molecular flexibility index (Phi) is 9.60. The zero-order valence-corrected chi connectivity index (χ0v) is 33.6. The molecule has 0 aromatic carbocycles. The fraction of sp³-hybridized carbons (Fsp3) is 1.00. The monoisotopic (exact) mass is 659 g/mol. The van der Waals surface area contributed by atoms with E-state index >= 15 is 0 Å². The molecule has 0 radical (unpaired) electrons. The van der Waals surface area contributed by atoms with Crippen LogP contribution in [0.4, 0.5) is 0 Å². The van der Waals surface area contributed by atoms with Crippen LogP contribution in [-0.2, 0) is 0 Å². The Morgan fingerprint density at radius 1 is 0.500 bits per heavy atom. The van der Waals surface area contributed by atoms with Crippen molar-refractivity contribution in [3.63, 3.8) is 0 Å². The van der Waals surface area contributed by atoms with Crippen LogP contribution in [0.25, 0.3) is 0 Å². The van der Waals surface area contributed by atoms with Crippen molar-refractivity contribution in [2.24, 2.45) is 111 Å². The molecule has 8 fully saturated rings. The van der Waals surface area contributed by atoms with Gasteiger partial charge >= 0.3 is 0 Å². The summed E-state index contributed by atoms with van der Waals surface area (Å²) >= 11 is 0. The van der Waals surface area contributed by atoms with Gasteiger partial charge in [-0.2, -0.15) is 0 Å². The van der Waals surface area contributed by atoms with Crippen molar-refractivity contribution in [1.82, 2.24) is 0 Å². The molecule has 0 N–H and O–H groups in total. The van der Waals surface area contributed by atoms with Gasteiger partial charge in [-0.05, 0) is 182 Å². The second-order valence-corrected chi connectivity index (χ2v) is 22.0. The Labute approximate surface area is 300 Å². The van der Waals surface area contributed by atoms with Crippen molar-refractivity contribution < 1.29 is 0 Å². The van der Waals surface area contributed by atoms with E-state index in [-0.39, 0.29) is 0 Å². The Balaban J connectivity index is 1.25. The summed E-state index contributed by atoms with van der Waals surface area (Å²) in [4.78, 5) is 0. The Hall–Kier alpha value is 0. The summed E-state index contributed by atoms with van der Waals surface area (Å²) < 4.78 is 0. The molecule has 0 heteroatoms. The molecule has 15 atom stereocenters. The highest BCUT2D eigenvalue weighted by Crippen LogP contribution is 2.77. The second-order valence-electron chi connectivity index (χ2n) is 22.0. The lowest BCUT2D eigenvalue weighted by molar-refractivity contribution is -0.102. The SMILES string of the molecule is CCC(C)(CC)C1CC(C(C)(CC)CC)CC2(C1)C1CC(C(C)C)C3CCCCC3C1C1C3C(CCC12)CC1CC2CCCCC2CC13. The normalized spacial score (nSPS) is 50.3. The van der Waals surface area contributed by atoms with Gasteiger partial charge < -0.3 is 0 Å². The third-order valence-corrected chi connectivity index (χ3v) is 21.0. The largest absolute Gasteiger partial charge is 0.0649 e. The second kappa shape index (κ2) is 13.1. The summed E-state index contributed by atoms with van der Waals surface area (Å²) in [5.74, 6) is 16.9. The number of rotatable bonds is 7. The maximum absolute atomic E-state index is 2.77. The van der Waals surface area contributed by atoms with Crippen molar-refractivity contribution in [2.45, 2.75) is 190 Å². The van der Waals surface area contributed by atoms with Gasteiger partial charge in [0, 0.05) is 0 Å². The third kappa shape index (κ3) is 5.27. The first-order chi connectivity index (χ1) is 23.1. The van der Waals surface area contributed by atoms with E-state index in [4.69, 9.17) is 0 Å². The highest BCUT2D eigenvalue weighted by atomic mass is 14.8. The molecule has 274 valence electrons. The molecule has 0 saturated heterocycles. The molecular formula is C48H82. The lowest BCUT2D eigenvalue weighted by Crippen LogP contribution is -2.51. The molecule has 0 aromatic heterocycles. The molecular weight excluding hydrogens is 577 g/mol. The van der Waals surface area contributed by atoms with E-state index in [9.17, 15) is 0 Å². The van der Waals surface area contributed by atoms with Crippen LogP contribution in [0, 0.1) is 111 Å². The number of fused-ring (bicyclic) bond motifs is 12. The minimum atomic E-state index is 0.524. The van der Waals surface area contributed by atoms with Crippen molar-refractivity contribution in [2.75, 3.05) is 0 Å². The van der Waals surface area contributed by atoms with Crippen LogP contribution in [0.2, 0.25) is 0 Å². The third-order valence-electron chi connectivity index (χ3n) is 21.0. The molecule has 8 aliphatic carbocycles. The van der Waals surface area contributed by atoms with Crippen LogP contribution < -0.4 is 0 Å². The Bertz CT molecular complexity index is 1080. The number of hydrogen-bond acceptors (Lipinski definition) is 0. The van der Waals surface area contributed by atoms with Crippen LogP contribution in [0.3, 0.4) is 0 Å². The molecule has 0 amide bonds. The zero-order valence-electron chi connectivity index (χ0n) is 33.6. The molecule has 1 spiro atoms. The van der Waals surface area contributed by atoms with Crippen molar-refractivity contribution in [3.8, 4) is 0 Å². The smallest absolute Gasteiger partial charge is 0.0229 e. The van der Waals surface area contributed by atoms with Crippen molar-refractivity contribution in [3.05, 3.63) is 0 Å². The van der Waals surface area contributed by atoms with E-state index in [1.165, 1.54) is 25.7 Å². The van der Waals surface area contributed by atoms with Gasteiger partial charge in [-0.1, -0.05) is 120 Å². The summed E-state index contributed by atoms with van der Waals surface area (Å²) in [6.07, 6.45) is 32.9. The van der Waals surface area contributed by atoms with E-state index in [2.05, 4.69) is 55.4 Å². The average molecular weight is 659 g/mol. The molecule has 0 aromatic rings. The van der Waals surface area contributed by atoms with Gasteiger partial charge in [0.2, 0.25) is 0 Å². The lowest BCUT2D eigenvalue weighted by Gasteiger charge is -2.59. The van der Waals surface area contributed by atoms with Crippen LogP contribution in [0.15, 0.2) is 0 Å². The molecule has 0 nitrogen and oxygen atoms in total. The standard InChI is InChI=1S/C48H82/c1-9-46(7,10-2)35-26-36(47(8,11-3)12-4)29-48(28-35)41-22-21-33-24-34-23-31-17-13-14-18-32(31)25-40(34)43(33)45(41)44-38-20-16-15-19-37(38)39(30(5)6)27-42(44)48/h30-45H,9-29H2,1-8H3. The first kappa shape index (κ1) is 35.1. The van der Waals surface area contributed by atoms with Gasteiger partial charge in [-0.15, -0.1) is 0 Å². The minimum absolute atomic E-state index is 0.524. The first-order valence-electron chi connectivity index (χ1n) is 23.1. The van der Waals surface area contributed by atoms with Gasteiger partial charge in [-0.3, -0.25) is 0 Å². The van der Waals surface area contributed by atoms with Crippen molar-refractivity contribution >= 4 is 0 Å². The average Bonchev–Trinajstić information content (AvgIpc) is 3.61. The van der Waals surface area contributed by atoms with Gasteiger partial charge in [0.15, 0.2) is 0 Å². The van der Waals surface area contributed by atoms with Crippen LogP contribution in [0.5, 0.6) is 0 Å². The molecule has 0 bridgehead atoms. The maximum atomic E-state index is 2.77. The zero-order chi connectivity index (χ0) is 33.6. The number of hydrogen-bond donors (Lipinski definition) is 0. The predicted molar refractivity (Wildman–Crippen MR) is 205 cm³/mol. The first-order valence-corrected chi connectivity index (χ1v) is 23.1. The summed E-state index contributed by atoms with van der Waals surface area (Å²) in [6.45, 7) is 21.2. The van der Waals surface area contributed by atoms with Gasteiger partial charge in [0.05, 0.1) is 0 Å². The van der Waals surface area contributed by atoms with Crippen LogP contribution in [-0.4, -0.2) is 0 Å². The molecule has 0 aliphatic heterocycles. The van der Waals surface area contributed by atoms with Crippen LogP contribution >= 0.6 is 0 Å². The van der Waals surface area contributed by atoms with E-state index in [1.807, 2.05) is 0 Å². The highest BCUT2D eigenvalue weighted by Gasteiger charge is 2.71. The van der Waals surface area contributed by atoms with Gasteiger partial charge in [0.1, 0.15) is 0 Å². The summed E-state index contributed by atoms with van der Waals surface area (Å²) in [6, 6.07) is 0. The summed E-state index contributed by atoms with van der Waals surface area (Å²) in [7, 11) is 0. The molecule has 48 heavy (non-hydrogen) atoms. The summed E-state index contributed by atoms with van der Waals surface area (Å²) in [5.41, 5.74) is 1.69. The topological polar surface area (TPSA) is 0 Å². The molecule has 8 aliphatic rings. The molecule has 15 unspecified atom stereocenters. The fourth-order valence-corrected chi connectivity index (χ4v) is 17.8. The fourth-order valence-electron chi connectivity index (χ4n) is 17.8. The Morgan fingerprint density at radius 2 is 1.06 bits per heavy atom. The van der Waals surface area contributed by atoms with Gasteiger partial charge in [0.25, 0.3) is 0 Å². The van der Waals surface area contributed by atoms with E-state index in [1.54, 1.807) is 109 Å². The molecule has 0 heterocycles. The minimum Gasteiger partial charge on any atom is -0.0649 e. The highest BCUT2D eigenvalue weighted by molar-refractivity contribution is 5.19.